The fourth-order valence-corrected chi connectivity index (χ4v) is 1.88. The molecule has 1 aromatic rings. The highest BCUT2D eigenvalue weighted by Crippen LogP contribution is 2.08. The van der Waals surface area contributed by atoms with Crippen LogP contribution in [0.1, 0.15) is 11.1 Å². The zero-order chi connectivity index (χ0) is 17.1. The van der Waals surface area contributed by atoms with Gasteiger partial charge in [0.2, 0.25) is 5.91 Å². The van der Waals surface area contributed by atoms with Gasteiger partial charge in [-0.05, 0) is 17.7 Å². The van der Waals surface area contributed by atoms with Gasteiger partial charge in [0.05, 0.1) is 32.0 Å². The van der Waals surface area contributed by atoms with Crippen molar-refractivity contribution >= 4 is 11.9 Å². The van der Waals surface area contributed by atoms with Gasteiger partial charge in [0.25, 0.3) is 0 Å². The SMILES string of the molecule is COCCOCC(=O)N[C@H](Cc1cccc(C#N)c1)C(=O)OC. The van der Waals surface area contributed by atoms with E-state index in [1.54, 1.807) is 24.3 Å². The first kappa shape index (κ1) is 18.6. The van der Waals surface area contributed by atoms with Gasteiger partial charge in [0.15, 0.2) is 0 Å². The van der Waals surface area contributed by atoms with Gasteiger partial charge in [-0.1, -0.05) is 12.1 Å². The number of hydrogen-bond donors (Lipinski definition) is 1. The van der Waals surface area contributed by atoms with Gasteiger partial charge >= 0.3 is 5.97 Å². The molecule has 0 saturated carbocycles. The summed E-state index contributed by atoms with van der Waals surface area (Å²) < 4.78 is 14.6. The predicted molar refractivity (Wildman–Crippen MR) is 81.5 cm³/mol. The van der Waals surface area contributed by atoms with Gasteiger partial charge in [-0.3, -0.25) is 4.79 Å². The van der Waals surface area contributed by atoms with Gasteiger partial charge in [-0.15, -0.1) is 0 Å². The van der Waals surface area contributed by atoms with Crippen LogP contribution in [0, 0.1) is 11.3 Å². The average molecular weight is 320 g/mol. The Morgan fingerprint density at radius 3 is 2.74 bits per heavy atom. The van der Waals surface area contributed by atoms with Gasteiger partial charge in [-0.25, -0.2) is 4.79 Å². The van der Waals surface area contributed by atoms with Crippen molar-refractivity contribution in [2.75, 3.05) is 34.0 Å². The molecule has 0 aromatic heterocycles. The van der Waals surface area contributed by atoms with E-state index in [1.165, 1.54) is 14.2 Å². The summed E-state index contributed by atoms with van der Waals surface area (Å²) in [5.74, 6) is -0.981. The molecule has 0 radical (unpaired) electrons. The maximum atomic E-state index is 11.8. The van der Waals surface area contributed by atoms with Crippen LogP contribution in [0.4, 0.5) is 0 Å². The van der Waals surface area contributed by atoms with E-state index in [-0.39, 0.29) is 19.6 Å². The highest BCUT2D eigenvalue weighted by atomic mass is 16.5. The van der Waals surface area contributed by atoms with Crippen molar-refractivity contribution in [3.8, 4) is 6.07 Å². The van der Waals surface area contributed by atoms with E-state index in [0.29, 0.717) is 12.2 Å². The molecule has 23 heavy (non-hydrogen) atoms. The lowest BCUT2D eigenvalue weighted by atomic mass is 10.0. The van der Waals surface area contributed by atoms with E-state index in [4.69, 9.17) is 19.5 Å². The summed E-state index contributed by atoms with van der Waals surface area (Å²) in [5, 5.41) is 11.5. The number of rotatable bonds is 9. The summed E-state index contributed by atoms with van der Waals surface area (Å²) in [4.78, 5) is 23.6. The smallest absolute Gasteiger partial charge is 0.328 e. The van der Waals surface area contributed by atoms with Crippen molar-refractivity contribution in [2.24, 2.45) is 0 Å². The molecular weight excluding hydrogens is 300 g/mol. The Balaban J connectivity index is 2.64. The molecule has 0 heterocycles. The summed E-state index contributed by atoms with van der Waals surface area (Å²) in [6.07, 6.45) is 0.228. The van der Waals surface area contributed by atoms with Crippen LogP contribution in [0.3, 0.4) is 0 Å². The van der Waals surface area contributed by atoms with E-state index in [0.717, 1.165) is 5.56 Å². The van der Waals surface area contributed by atoms with Gasteiger partial charge in [-0.2, -0.15) is 5.26 Å². The largest absolute Gasteiger partial charge is 0.467 e. The van der Waals surface area contributed by atoms with E-state index in [9.17, 15) is 9.59 Å². The van der Waals surface area contributed by atoms with E-state index >= 15 is 0 Å². The molecule has 124 valence electrons. The minimum atomic E-state index is -0.840. The van der Waals surface area contributed by atoms with Crippen LogP contribution in [-0.2, 0) is 30.2 Å². The van der Waals surface area contributed by atoms with Crippen LogP contribution < -0.4 is 5.32 Å². The first-order chi connectivity index (χ1) is 11.1. The lowest BCUT2D eigenvalue weighted by Crippen LogP contribution is -2.44. The molecule has 0 fully saturated rings. The number of carbonyl (C=O) groups excluding carboxylic acids is 2. The number of nitriles is 1. The van der Waals surface area contributed by atoms with E-state index < -0.39 is 17.9 Å². The van der Waals surface area contributed by atoms with Crippen molar-refractivity contribution in [1.29, 1.82) is 5.26 Å². The predicted octanol–water partition coefficient (Wildman–Crippen LogP) is 0.422. The second-order valence-electron chi connectivity index (χ2n) is 4.70. The number of benzene rings is 1. The zero-order valence-corrected chi connectivity index (χ0v) is 13.2. The summed E-state index contributed by atoms with van der Waals surface area (Å²) in [6, 6.07) is 8.01. The zero-order valence-electron chi connectivity index (χ0n) is 13.2. The number of nitrogens with one attached hydrogen (secondary N) is 1. The third-order valence-electron chi connectivity index (χ3n) is 2.98. The Morgan fingerprint density at radius 1 is 1.30 bits per heavy atom. The minimum Gasteiger partial charge on any atom is -0.467 e. The third-order valence-corrected chi connectivity index (χ3v) is 2.98. The first-order valence-electron chi connectivity index (χ1n) is 7.03. The molecule has 0 aliphatic heterocycles. The maximum Gasteiger partial charge on any atom is 0.328 e. The molecule has 0 spiro atoms. The van der Waals surface area contributed by atoms with Crippen molar-refractivity contribution in [1.82, 2.24) is 5.32 Å². The van der Waals surface area contributed by atoms with Gasteiger partial charge in [0.1, 0.15) is 12.6 Å². The van der Waals surface area contributed by atoms with E-state index in [1.807, 2.05) is 6.07 Å². The topological polar surface area (TPSA) is 97.6 Å². The highest BCUT2D eigenvalue weighted by Gasteiger charge is 2.22. The lowest BCUT2D eigenvalue weighted by Gasteiger charge is -2.16. The molecule has 7 heteroatoms. The monoisotopic (exact) mass is 320 g/mol. The number of hydrogen-bond acceptors (Lipinski definition) is 6. The molecular formula is C16H20N2O5. The molecule has 1 atom stereocenters. The number of carbonyl (C=O) groups is 2. The molecule has 0 bridgehead atoms. The summed E-state index contributed by atoms with van der Waals surface area (Å²) in [7, 11) is 2.79. The molecule has 7 nitrogen and oxygen atoms in total. The standard InChI is InChI=1S/C16H20N2O5/c1-21-6-7-23-11-15(19)18-14(16(20)22-2)9-12-4-3-5-13(8-12)10-17/h3-5,8,14H,6-7,9,11H2,1-2H3,(H,18,19)/t14-/m1/s1. The summed E-state index contributed by atoms with van der Waals surface area (Å²) >= 11 is 0. The quantitative estimate of drug-likeness (QED) is 0.523. The van der Waals surface area contributed by atoms with Crippen molar-refractivity contribution in [3.63, 3.8) is 0 Å². The Morgan fingerprint density at radius 2 is 2.09 bits per heavy atom. The summed E-state index contributed by atoms with van der Waals surface area (Å²) in [5.41, 5.74) is 1.24. The Labute approximate surface area is 135 Å². The number of methoxy groups -OCH3 is 2. The lowest BCUT2D eigenvalue weighted by molar-refractivity contribution is -0.145. The van der Waals surface area contributed by atoms with Crippen LogP contribution >= 0.6 is 0 Å². The third kappa shape index (κ3) is 6.91. The van der Waals surface area contributed by atoms with E-state index in [2.05, 4.69) is 5.32 Å². The first-order valence-corrected chi connectivity index (χ1v) is 7.03. The molecule has 0 aliphatic rings. The Kier molecular flexibility index (Phi) is 8.36. The van der Waals surface area contributed by atoms with Crippen molar-refractivity contribution < 1.29 is 23.8 Å². The molecule has 1 rings (SSSR count). The average Bonchev–Trinajstić information content (AvgIpc) is 2.57. The van der Waals surface area contributed by atoms with Crippen LogP contribution in [0.5, 0.6) is 0 Å². The molecule has 0 aliphatic carbocycles. The number of nitrogens with zero attached hydrogens (tertiary/aromatic N) is 1. The number of esters is 1. The summed E-state index contributed by atoms with van der Waals surface area (Å²) in [6.45, 7) is 0.501. The molecule has 0 saturated heterocycles. The van der Waals surface area contributed by atoms with Crippen LogP contribution in [0.25, 0.3) is 0 Å². The molecule has 1 aromatic carbocycles. The second-order valence-corrected chi connectivity index (χ2v) is 4.70. The molecule has 1 amide bonds. The number of amides is 1. The van der Waals surface area contributed by atoms with Gasteiger partial charge in [0, 0.05) is 13.5 Å². The Hall–Kier alpha value is -2.43. The van der Waals surface area contributed by atoms with Crippen LogP contribution in [0.15, 0.2) is 24.3 Å². The van der Waals surface area contributed by atoms with Crippen LogP contribution in [-0.4, -0.2) is 52.0 Å². The number of ether oxygens (including phenoxy) is 3. The minimum absolute atomic E-state index is 0.172. The fraction of sp³-hybridized carbons (Fsp3) is 0.438. The van der Waals surface area contributed by atoms with Crippen LogP contribution in [0.2, 0.25) is 0 Å². The maximum absolute atomic E-state index is 11.8. The highest BCUT2D eigenvalue weighted by molar-refractivity contribution is 5.85. The molecule has 0 unspecified atom stereocenters. The molecule has 1 N–H and O–H groups in total. The van der Waals surface area contributed by atoms with Crippen molar-refractivity contribution in [3.05, 3.63) is 35.4 Å². The Bertz CT molecular complexity index is 568. The second kappa shape index (κ2) is 10.3. The fourth-order valence-electron chi connectivity index (χ4n) is 1.88. The van der Waals surface area contributed by atoms with Crippen molar-refractivity contribution in [2.45, 2.75) is 12.5 Å². The normalized spacial score (nSPS) is 11.3. The van der Waals surface area contributed by atoms with Gasteiger partial charge < -0.3 is 19.5 Å².